The summed E-state index contributed by atoms with van der Waals surface area (Å²) in [4.78, 5) is 27.8. The van der Waals surface area contributed by atoms with Crippen LogP contribution in [0.5, 0.6) is 0 Å². The van der Waals surface area contributed by atoms with Crippen LogP contribution in [-0.4, -0.2) is 9.55 Å². The van der Waals surface area contributed by atoms with Gasteiger partial charge in [0, 0.05) is 6.04 Å². The van der Waals surface area contributed by atoms with Crippen molar-refractivity contribution in [3.63, 3.8) is 0 Å². The number of thiophene rings is 1. The Labute approximate surface area is 102 Å². The molecule has 5 heteroatoms. The number of H-pyrrole nitrogens is 1. The van der Waals surface area contributed by atoms with Gasteiger partial charge in [0.15, 0.2) is 0 Å². The van der Waals surface area contributed by atoms with E-state index in [0.717, 1.165) is 18.4 Å². The molecule has 90 valence electrons. The van der Waals surface area contributed by atoms with Crippen LogP contribution in [0.15, 0.2) is 15.0 Å². The lowest BCUT2D eigenvalue weighted by Gasteiger charge is -2.03. The summed E-state index contributed by atoms with van der Waals surface area (Å²) in [6.45, 7) is 4.01. The Balaban J connectivity index is 2.28. The van der Waals surface area contributed by atoms with Crippen LogP contribution in [0.3, 0.4) is 0 Å². The topological polar surface area (TPSA) is 54.9 Å². The van der Waals surface area contributed by atoms with Crippen LogP contribution in [0.25, 0.3) is 10.2 Å². The number of aryl methyl sites for hydroxylation is 1. The van der Waals surface area contributed by atoms with Gasteiger partial charge in [-0.3, -0.25) is 14.3 Å². The molecule has 0 saturated heterocycles. The quantitative estimate of drug-likeness (QED) is 0.886. The van der Waals surface area contributed by atoms with E-state index in [4.69, 9.17) is 0 Å². The average molecular weight is 250 g/mol. The molecule has 1 N–H and O–H groups in total. The van der Waals surface area contributed by atoms with Crippen LogP contribution in [-0.2, 0) is 0 Å². The first kappa shape index (κ1) is 10.8. The zero-order valence-electron chi connectivity index (χ0n) is 9.82. The zero-order chi connectivity index (χ0) is 12.2. The van der Waals surface area contributed by atoms with Crippen molar-refractivity contribution in [3.05, 3.63) is 31.8 Å². The van der Waals surface area contributed by atoms with Gasteiger partial charge in [0.2, 0.25) is 0 Å². The van der Waals surface area contributed by atoms with E-state index in [1.807, 2.05) is 12.3 Å². The average Bonchev–Trinajstić information content (AvgIpc) is 2.96. The smallest absolute Gasteiger partial charge is 0.298 e. The van der Waals surface area contributed by atoms with E-state index in [1.54, 1.807) is 0 Å². The molecule has 2 atom stereocenters. The Kier molecular flexibility index (Phi) is 2.26. The van der Waals surface area contributed by atoms with E-state index in [0.29, 0.717) is 16.1 Å². The number of aromatic amines is 1. The maximum Gasteiger partial charge on any atom is 0.329 e. The molecular weight excluding hydrogens is 236 g/mol. The number of nitrogens with one attached hydrogen (secondary N) is 1. The van der Waals surface area contributed by atoms with Crippen molar-refractivity contribution in [2.24, 2.45) is 5.92 Å². The lowest BCUT2D eigenvalue weighted by molar-refractivity contribution is 0.597. The number of rotatable bonds is 2. The summed E-state index contributed by atoms with van der Waals surface area (Å²) < 4.78 is 1.41. The molecule has 0 amide bonds. The second-order valence-electron chi connectivity index (χ2n) is 4.70. The van der Waals surface area contributed by atoms with Gasteiger partial charge in [-0.2, -0.15) is 0 Å². The predicted molar refractivity (Wildman–Crippen MR) is 68.9 cm³/mol. The lowest BCUT2D eigenvalue weighted by atomic mass is 10.2. The van der Waals surface area contributed by atoms with Crippen molar-refractivity contribution in [1.29, 1.82) is 0 Å². The third-order valence-electron chi connectivity index (χ3n) is 3.59. The highest BCUT2D eigenvalue weighted by Crippen LogP contribution is 2.43. The van der Waals surface area contributed by atoms with Crippen LogP contribution in [0, 0.1) is 12.8 Å². The third-order valence-corrected chi connectivity index (χ3v) is 4.60. The van der Waals surface area contributed by atoms with Crippen LogP contribution >= 0.6 is 11.3 Å². The van der Waals surface area contributed by atoms with Crippen molar-refractivity contribution in [1.82, 2.24) is 9.55 Å². The summed E-state index contributed by atoms with van der Waals surface area (Å²) in [7, 11) is 0. The van der Waals surface area contributed by atoms with E-state index in [9.17, 15) is 9.59 Å². The van der Waals surface area contributed by atoms with E-state index in [2.05, 4.69) is 11.9 Å². The van der Waals surface area contributed by atoms with E-state index in [-0.39, 0.29) is 17.3 Å². The van der Waals surface area contributed by atoms with Crippen molar-refractivity contribution in [3.8, 4) is 0 Å². The maximum atomic E-state index is 12.3. The van der Waals surface area contributed by atoms with Crippen LogP contribution in [0.2, 0.25) is 0 Å². The summed E-state index contributed by atoms with van der Waals surface area (Å²) in [6, 6.07) is 0.111. The van der Waals surface area contributed by atoms with E-state index >= 15 is 0 Å². The van der Waals surface area contributed by atoms with Gasteiger partial charge < -0.3 is 0 Å². The van der Waals surface area contributed by atoms with Crippen LogP contribution in [0.1, 0.15) is 31.4 Å². The molecule has 1 aliphatic rings. The highest BCUT2D eigenvalue weighted by molar-refractivity contribution is 7.16. The molecule has 3 rings (SSSR count). The Morgan fingerprint density at radius 3 is 2.94 bits per heavy atom. The molecule has 0 radical (unpaired) electrons. The minimum Gasteiger partial charge on any atom is -0.298 e. The second kappa shape index (κ2) is 3.57. The summed E-state index contributed by atoms with van der Waals surface area (Å²) in [6.07, 6.45) is 1.98. The fourth-order valence-electron chi connectivity index (χ4n) is 2.46. The van der Waals surface area contributed by atoms with Gasteiger partial charge in [-0.25, -0.2) is 4.79 Å². The molecule has 0 bridgehead atoms. The molecule has 0 aliphatic heterocycles. The Bertz CT molecular complexity index is 695. The number of aromatic nitrogens is 2. The second-order valence-corrected chi connectivity index (χ2v) is 5.58. The number of hydrogen-bond acceptors (Lipinski definition) is 3. The molecular formula is C12H14N2O2S. The van der Waals surface area contributed by atoms with Gasteiger partial charge in [0.1, 0.15) is 4.83 Å². The molecule has 4 nitrogen and oxygen atoms in total. The Morgan fingerprint density at radius 1 is 1.53 bits per heavy atom. The molecule has 2 aromatic heterocycles. The Morgan fingerprint density at radius 2 is 2.29 bits per heavy atom. The van der Waals surface area contributed by atoms with Gasteiger partial charge in [0.25, 0.3) is 5.56 Å². The van der Waals surface area contributed by atoms with E-state index in [1.165, 1.54) is 15.9 Å². The van der Waals surface area contributed by atoms with Crippen LogP contribution in [0.4, 0.5) is 0 Å². The zero-order valence-corrected chi connectivity index (χ0v) is 10.6. The Hall–Kier alpha value is -1.36. The lowest BCUT2D eigenvalue weighted by Crippen LogP contribution is -2.34. The molecule has 2 heterocycles. The molecule has 2 unspecified atom stereocenters. The molecule has 1 saturated carbocycles. The SMILES string of the molecule is CCC1CC1n1c(=O)[nH]c2scc(C)c2c1=O. The molecule has 0 aromatic carbocycles. The molecule has 1 aliphatic carbocycles. The van der Waals surface area contributed by atoms with Gasteiger partial charge in [-0.05, 0) is 30.2 Å². The first-order valence-corrected chi connectivity index (χ1v) is 6.74. The highest BCUT2D eigenvalue weighted by atomic mass is 32.1. The van der Waals surface area contributed by atoms with Crippen molar-refractivity contribution >= 4 is 21.6 Å². The summed E-state index contributed by atoms with van der Waals surface area (Å²) in [5.41, 5.74) is 0.572. The standard InChI is InChI=1S/C12H14N2O2S/c1-3-7-4-8(7)14-11(15)9-6(2)5-17-10(9)13-12(14)16/h5,7-8H,3-4H2,1-2H3,(H,13,16). The predicted octanol–water partition coefficient (Wildman–Crippen LogP) is 2.03. The molecule has 17 heavy (non-hydrogen) atoms. The monoisotopic (exact) mass is 250 g/mol. The highest BCUT2D eigenvalue weighted by Gasteiger charge is 2.39. The van der Waals surface area contributed by atoms with E-state index < -0.39 is 0 Å². The number of fused-ring (bicyclic) bond motifs is 1. The fraction of sp³-hybridized carbons (Fsp3) is 0.500. The van der Waals surface area contributed by atoms with Gasteiger partial charge in [-0.1, -0.05) is 13.3 Å². The maximum absolute atomic E-state index is 12.3. The van der Waals surface area contributed by atoms with Crippen molar-refractivity contribution in [2.45, 2.75) is 32.7 Å². The van der Waals surface area contributed by atoms with Crippen molar-refractivity contribution in [2.75, 3.05) is 0 Å². The first-order valence-electron chi connectivity index (χ1n) is 5.86. The van der Waals surface area contributed by atoms with Crippen LogP contribution < -0.4 is 11.2 Å². The fourth-order valence-corrected chi connectivity index (χ4v) is 3.38. The number of hydrogen-bond donors (Lipinski definition) is 1. The number of nitrogens with zero attached hydrogens (tertiary/aromatic N) is 1. The summed E-state index contributed by atoms with van der Waals surface area (Å²) >= 11 is 1.42. The molecule has 2 aromatic rings. The molecule has 0 spiro atoms. The minimum atomic E-state index is -0.259. The van der Waals surface area contributed by atoms with Gasteiger partial charge in [-0.15, -0.1) is 11.3 Å². The first-order chi connectivity index (χ1) is 8.13. The minimum absolute atomic E-state index is 0.111. The normalized spacial score (nSPS) is 23.2. The van der Waals surface area contributed by atoms with Gasteiger partial charge >= 0.3 is 5.69 Å². The molecule has 1 fully saturated rings. The van der Waals surface area contributed by atoms with Crippen molar-refractivity contribution < 1.29 is 0 Å². The van der Waals surface area contributed by atoms with Gasteiger partial charge in [0.05, 0.1) is 5.39 Å². The third kappa shape index (κ3) is 1.49. The summed E-state index contributed by atoms with van der Waals surface area (Å²) in [5, 5.41) is 2.59. The largest absolute Gasteiger partial charge is 0.329 e. The summed E-state index contributed by atoms with van der Waals surface area (Å²) in [5.74, 6) is 0.491.